The maximum Gasteiger partial charge on any atom is 0.340 e. The molecule has 0 spiro atoms. The van der Waals surface area contributed by atoms with E-state index in [9.17, 15) is 13.2 Å². The third kappa shape index (κ3) is 4.02. The van der Waals surface area contributed by atoms with E-state index in [4.69, 9.17) is 13.3 Å². The van der Waals surface area contributed by atoms with Crippen LogP contribution in [0.2, 0.25) is 0 Å². The van der Waals surface area contributed by atoms with Gasteiger partial charge in [-0.25, -0.2) is 9.78 Å². The normalized spacial score (nSPS) is 11.4. The van der Waals surface area contributed by atoms with E-state index in [-0.39, 0.29) is 28.7 Å². The van der Waals surface area contributed by atoms with Crippen molar-refractivity contribution in [3.05, 3.63) is 77.9 Å². The number of hydrogen-bond donors (Lipinski definition) is 0. The molecular weight excluding hydrogens is 418 g/mol. The molecule has 31 heavy (non-hydrogen) atoms. The van der Waals surface area contributed by atoms with Crippen molar-refractivity contribution in [3.63, 3.8) is 0 Å². The summed E-state index contributed by atoms with van der Waals surface area (Å²) in [7, 11) is -4.36. The Hall–Kier alpha value is -3.65. The van der Waals surface area contributed by atoms with Gasteiger partial charge in [0.15, 0.2) is 11.3 Å². The highest BCUT2D eigenvalue weighted by molar-refractivity contribution is 7.87. The van der Waals surface area contributed by atoms with E-state index < -0.39 is 16.1 Å². The molecule has 8 heteroatoms. The largest absolute Gasteiger partial charge is 0.462 e. The number of rotatable bonds is 6. The van der Waals surface area contributed by atoms with E-state index in [1.807, 2.05) is 12.1 Å². The van der Waals surface area contributed by atoms with Crippen LogP contribution in [0.3, 0.4) is 0 Å². The Morgan fingerprint density at radius 1 is 1.00 bits per heavy atom. The summed E-state index contributed by atoms with van der Waals surface area (Å²) in [5.74, 6) is -0.435. The Bertz CT molecular complexity index is 1340. The summed E-state index contributed by atoms with van der Waals surface area (Å²) in [6.07, 6.45) is 0. The van der Waals surface area contributed by atoms with Crippen LogP contribution in [0.25, 0.3) is 22.6 Å². The summed E-state index contributed by atoms with van der Waals surface area (Å²) in [5, 5.41) is 0. The van der Waals surface area contributed by atoms with Gasteiger partial charge < -0.3 is 13.3 Å². The van der Waals surface area contributed by atoms with E-state index in [1.54, 1.807) is 50.2 Å². The van der Waals surface area contributed by atoms with Crippen LogP contribution >= 0.6 is 0 Å². The number of aromatic nitrogens is 1. The van der Waals surface area contributed by atoms with Gasteiger partial charge in [0, 0.05) is 0 Å². The Morgan fingerprint density at radius 3 is 2.52 bits per heavy atom. The number of oxazole rings is 1. The molecule has 0 aliphatic rings. The molecule has 0 aliphatic carbocycles. The molecule has 0 atom stereocenters. The van der Waals surface area contributed by atoms with Crippen LogP contribution in [0, 0.1) is 6.92 Å². The highest BCUT2D eigenvalue weighted by Gasteiger charge is 2.27. The fourth-order valence-electron chi connectivity index (χ4n) is 3.14. The molecule has 7 nitrogen and oxygen atoms in total. The second-order valence-corrected chi connectivity index (χ2v) is 8.21. The number of ether oxygens (including phenoxy) is 1. The van der Waals surface area contributed by atoms with Gasteiger partial charge in [-0.2, -0.15) is 8.42 Å². The molecule has 158 valence electrons. The minimum absolute atomic E-state index is 0.0766. The van der Waals surface area contributed by atoms with Gasteiger partial charge in [0.25, 0.3) is 0 Å². The van der Waals surface area contributed by atoms with Crippen molar-refractivity contribution in [1.29, 1.82) is 0 Å². The molecule has 4 rings (SSSR count). The van der Waals surface area contributed by atoms with Gasteiger partial charge in [0.1, 0.15) is 10.4 Å². The lowest BCUT2D eigenvalue weighted by Gasteiger charge is -2.14. The van der Waals surface area contributed by atoms with Crippen molar-refractivity contribution in [2.45, 2.75) is 18.7 Å². The average Bonchev–Trinajstić information content (AvgIpc) is 3.19. The number of benzene rings is 3. The summed E-state index contributed by atoms with van der Waals surface area (Å²) < 4.78 is 42.6. The summed E-state index contributed by atoms with van der Waals surface area (Å²) in [6, 6.07) is 18.1. The Balaban J connectivity index is 1.79. The van der Waals surface area contributed by atoms with Gasteiger partial charge in [-0.1, -0.05) is 36.4 Å². The molecule has 0 bridgehead atoms. The van der Waals surface area contributed by atoms with E-state index in [0.717, 1.165) is 0 Å². The highest BCUT2D eigenvalue weighted by Crippen LogP contribution is 2.36. The van der Waals surface area contributed by atoms with Gasteiger partial charge in [0.2, 0.25) is 5.89 Å². The van der Waals surface area contributed by atoms with Crippen molar-refractivity contribution in [2.24, 2.45) is 0 Å². The van der Waals surface area contributed by atoms with Crippen LogP contribution in [-0.2, 0) is 14.9 Å². The van der Waals surface area contributed by atoms with Crippen molar-refractivity contribution in [2.75, 3.05) is 6.61 Å². The van der Waals surface area contributed by atoms with Gasteiger partial charge in [-0.05, 0) is 49.7 Å². The predicted octanol–water partition coefficient (Wildman–Crippen LogP) is 4.75. The maximum absolute atomic E-state index is 13.2. The van der Waals surface area contributed by atoms with Gasteiger partial charge in [0.05, 0.1) is 17.7 Å². The zero-order valence-electron chi connectivity index (χ0n) is 16.9. The second-order valence-electron chi connectivity index (χ2n) is 6.69. The first kappa shape index (κ1) is 20.6. The molecule has 0 aliphatic heterocycles. The van der Waals surface area contributed by atoms with E-state index in [1.165, 1.54) is 18.2 Å². The summed E-state index contributed by atoms with van der Waals surface area (Å²) in [5.41, 5.74) is 2.06. The van der Waals surface area contributed by atoms with Crippen molar-refractivity contribution in [3.8, 4) is 17.2 Å². The summed E-state index contributed by atoms with van der Waals surface area (Å²) in [6.45, 7) is 3.48. The number of fused-ring (bicyclic) bond motifs is 1. The van der Waals surface area contributed by atoms with E-state index in [2.05, 4.69) is 4.98 Å². The van der Waals surface area contributed by atoms with Gasteiger partial charge >= 0.3 is 16.1 Å². The zero-order valence-corrected chi connectivity index (χ0v) is 17.7. The molecule has 0 saturated carbocycles. The quantitative estimate of drug-likeness (QED) is 0.317. The topological polar surface area (TPSA) is 95.7 Å². The zero-order chi connectivity index (χ0) is 22.0. The fraction of sp³-hybridized carbons (Fsp3) is 0.130. The number of carbonyl (C=O) groups is 1. The lowest BCUT2D eigenvalue weighted by Crippen LogP contribution is -2.17. The lowest BCUT2D eigenvalue weighted by atomic mass is 10.1. The standard InChI is InChI=1S/C23H19NO6S/c1-3-28-23(25)16-10-4-7-14-20(16)31(26,27)30-21-15(2)9-8-11-17(21)22-24-18-12-5-6-13-19(18)29-22/h4-14H,3H2,1-2H3. The second kappa shape index (κ2) is 8.23. The maximum atomic E-state index is 13.2. The van der Waals surface area contributed by atoms with E-state index in [0.29, 0.717) is 22.2 Å². The smallest absolute Gasteiger partial charge is 0.340 e. The number of nitrogens with zero attached hydrogens (tertiary/aromatic N) is 1. The van der Waals surface area contributed by atoms with Crippen LogP contribution in [0.4, 0.5) is 0 Å². The SMILES string of the molecule is CCOC(=O)c1ccccc1S(=O)(=O)Oc1c(C)cccc1-c1nc2ccccc2o1. The van der Waals surface area contributed by atoms with Crippen LogP contribution in [0.15, 0.2) is 76.0 Å². The molecule has 1 heterocycles. The fourth-order valence-corrected chi connectivity index (χ4v) is 4.33. The predicted molar refractivity (Wildman–Crippen MR) is 114 cm³/mol. The third-order valence-electron chi connectivity index (χ3n) is 4.58. The average molecular weight is 437 g/mol. The third-order valence-corrected chi connectivity index (χ3v) is 5.86. The molecule has 3 aromatic carbocycles. The number of hydrogen-bond acceptors (Lipinski definition) is 7. The minimum Gasteiger partial charge on any atom is -0.462 e. The van der Waals surface area contributed by atoms with Crippen molar-refractivity contribution >= 4 is 27.2 Å². The monoisotopic (exact) mass is 437 g/mol. The lowest BCUT2D eigenvalue weighted by molar-refractivity contribution is 0.0521. The molecule has 0 fully saturated rings. The molecule has 0 amide bonds. The molecule has 0 unspecified atom stereocenters. The Kier molecular flexibility index (Phi) is 5.48. The summed E-state index contributed by atoms with van der Waals surface area (Å²) >= 11 is 0. The Morgan fingerprint density at radius 2 is 1.74 bits per heavy atom. The number of aryl methyl sites for hydroxylation is 1. The number of esters is 1. The highest BCUT2D eigenvalue weighted by atomic mass is 32.2. The number of carbonyl (C=O) groups excluding carboxylic acids is 1. The van der Waals surface area contributed by atoms with Gasteiger partial charge in [-0.3, -0.25) is 0 Å². The first-order chi connectivity index (χ1) is 14.9. The van der Waals surface area contributed by atoms with Crippen LogP contribution in [0.5, 0.6) is 5.75 Å². The van der Waals surface area contributed by atoms with E-state index >= 15 is 0 Å². The molecular formula is C23H19NO6S. The molecule has 0 radical (unpaired) electrons. The molecule has 4 aromatic rings. The molecule has 1 aromatic heterocycles. The van der Waals surface area contributed by atoms with Crippen LogP contribution in [-0.4, -0.2) is 26.0 Å². The summed E-state index contributed by atoms with van der Waals surface area (Å²) in [4.78, 5) is 16.4. The van der Waals surface area contributed by atoms with Crippen LogP contribution < -0.4 is 4.18 Å². The van der Waals surface area contributed by atoms with Crippen molar-refractivity contribution in [1.82, 2.24) is 4.98 Å². The van der Waals surface area contributed by atoms with Gasteiger partial charge in [-0.15, -0.1) is 0 Å². The number of para-hydroxylation sites is 3. The Labute approximate surface area is 179 Å². The molecule has 0 saturated heterocycles. The molecule has 0 N–H and O–H groups in total. The minimum atomic E-state index is -4.36. The first-order valence-corrected chi connectivity index (χ1v) is 11.0. The van der Waals surface area contributed by atoms with Crippen LogP contribution in [0.1, 0.15) is 22.8 Å². The first-order valence-electron chi connectivity index (χ1n) is 9.57. The van der Waals surface area contributed by atoms with Crippen molar-refractivity contribution < 1.29 is 26.5 Å².